The largest absolute Gasteiger partial charge is 0.467 e. The van der Waals surface area contributed by atoms with Crippen molar-refractivity contribution in [1.82, 2.24) is 10.5 Å². The second kappa shape index (κ2) is 8.16. The fraction of sp³-hybridized carbons (Fsp3) is 0.571. The molecule has 0 aliphatic heterocycles. The van der Waals surface area contributed by atoms with Crippen LogP contribution in [-0.2, 0) is 19.1 Å². The van der Waals surface area contributed by atoms with Crippen molar-refractivity contribution in [3.8, 4) is 0 Å². The molecule has 0 fully saturated rings. The van der Waals surface area contributed by atoms with E-state index in [4.69, 9.17) is 10.5 Å². The minimum Gasteiger partial charge on any atom is -0.467 e. The monoisotopic (exact) mass is 327 g/mol. The fourth-order valence-electron chi connectivity index (χ4n) is 1.90. The van der Waals surface area contributed by atoms with Crippen molar-refractivity contribution in [2.45, 2.75) is 33.2 Å². The number of nitrogen functional groups attached to an aromatic ring is 1. The van der Waals surface area contributed by atoms with Gasteiger partial charge in [-0.25, -0.2) is 9.59 Å². The Labute approximate surface area is 133 Å². The third-order valence-electron chi connectivity index (χ3n) is 2.96. The lowest BCUT2D eigenvalue weighted by Crippen LogP contribution is -2.44. The van der Waals surface area contributed by atoms with Crippen molar-refractivity contribution in [1.29, 1.82) is 0 Å². The van der Waals surface area contributed by atoms with Crippen LogP contribution in [0.1, 0.15) is 36.3 Å². The molecule has 1 atom stereocenters. The minimum atomic E-state index is -0.824. The normalized spacial score (nSPS) is 11.9. The second-order valence-corrected chi connectivity index (χ2v) is 5.36. The summed E-state index contributed by atoms with van der Waals surface area (Å²) in [4.78, 5) is 35.3. The first-order valence-electron chi connectivity index (χ1n) is 7.02. The van der Waals surface area contributed by atoms with E-state index in [9.17, 15) is 14.4 Å². The van der Waals surface area contributed by atoms with Crippen LogP contribution in [0.3, 0.4) is 0 Å². The number of aryl methyl sites for hydroxylation is 1. The summed E-state index contributed by atoms with van der Waals surface area (Å²) in [6.07, 6.45) is 0.407. The molecule has 23 heavy (non-hydrogen) atoms. The first-order chi connectivity index (χ1) is 10.8. The number of ether oxygens (including phenoxy) is 2. The lowest BCUT2D eigenvalue weighted by atomic mass is 10.0. The van der Waals surface area contributed by atoms with Crippen LogP contribution in [0.5, 0.6) is 0 Å². The van der Waals surface area contributed by atoms with Crippen molar-refractivity contribution in [2.24, 2.45) is 5.92 Å². The van der Waals surface area contributed by atoms with Gasteiger partial charge in [-0.1, -0.05) is 19.0 Å². The Balaban J connectivity index is 2.58. The number of hydrogen-bond donors (Lipinski definition) is 2. The van der Waals surface area contributed by atoms with Crippen LogP contribution in [-0.4, -0.2) is 42.8 Å². The molecule has 1 rings (SSSR count). The molecule has 0 saturated heterocycles. The minimum absolute atomic E-state index is 0.0236. The summed E-state index contributed by atoms with van der Waals surface area (Å²) >= 11 is 0. The molecule has 9 heteroatoms. The molecule has 1 heterocycles. The number of nitrogens with zero attached hydrogens (tertiary/aromatic N) is 1. The van der Waals surface area contributed by atoms with E-state index in [0.29, 0.717) is 6.42 Å². The lowest BCUT2D eigenvalue weighted by molar-refractivity contribution is -0.145. The van der Waals surface area contributed by atoms with Crippen LogP contribution >= 0.6 is 0 Å². The van der Waals surface area contributed by atoms with E-state index in [1.807, 2.05) is 13.8 Å². The molecule has 3 N–H and O–H groups in total. The topological polar surface area (TPSA) is 134 Å². The molecule has 0 spiro atoms. The standard InChI is InChI=1S/C14H21N3O6/c1-7(2)5-9(13(19)21-4)16-10(18)6-22-14(20)11-8(3)17-23-12(11)15/h7,9H,5-6,15H2,1-4H3,(H,16,18)/t9-/m0/s1. The zero-order valence-electron chi connectivity index (χ0n) is 13.5. The van der Waals surface area contributed by atoms with Gasteiger partial charge in [0, 0.05) is 0 Å². The first-order valence-corrected chi connectivity index (χ1v) is 7.02. The number of aromatic nitrogens is 1. The number of nitrogens with one attached hydrogen (secondary N) is 1. The number of nitrogens with two attached hydrogens (primary N) is 1. The van der Waals surface area contributed by atoms with Gasteiger partial charge in [0.05, 0.1) is 12.8 Å². The summed E-state index contributed by atoms with van der Waals surface area (Å²) in [5.41, 5.74) is 5.69. The number of hydrogen-bond acceptors (Lipinski definition) is 8. The Kier molecular flexibility index (Phi) is 6.55. The molecule has 0 unspecified atom stereocenters. The number of carbonyl (C=O) groups is 3. The number of amides is 1. The molecule has 128 valence electrons. The number of methoxy groups -OCH3 is 1. The van der Waals surface area contributed by atoms with Gasteiger partial charge in [0.25, 0.3) is 5.91 Å². The number of carbonyl (C=O) groups excluding carboxylic acids is 3. The van der Waals surface area contributed by atoms with E-state index in [-0.39, 0.29) is 23.1 Å². The summed E-state index contributed by atoms with van der Waals surface area (Å²) in [6, 6.07) is -0.798. The average molecular weight is 327 g/mol. The SMILES string of the molecule is COC(=O)[C@H](CC(C)C)NC(=O)COC(=O)c1c(C)noc1N. The fourth-order valence-corrected chi connectivity index (χ4v) is 1.90. The van der Waals surface area contributed by atoms with E-state index in [0.717, 1.165) is 0 Å². The third kappa shape index (κ3) is 5.28. The van der Waals surface area contributed by atoms with Gasteiger partial charge >= 0.3 is 11.9 Å². The van der Waals surface area contributed by atoms with Crippen LogP contribution in [0.2, 0.25) is 0 Å². The predicted octanol–water partition coefficient (Wildman–Crippen LogP) is 0.426. The molecule has 0 bridgehead atoms. The molecule has 1 aromatic rings. The summed E-state index contributed by atoms with van der Waals surface area (Å²) in [5.74, 6) is -2.02. The van der Waals surface area contributed by atoms with Crippen LogP contribution in [0, 0.1) is 12.8 Å². The highest BCUT2D eigenvalue weighted by Gasteiger charge is 2.24. The second-order valence-electron chi connectivity index (χ2n) is 5.36. The maximum Gasteiger partial charge on any atom is 0.346 e. The highest BCUT2D eigenvalue weighted by atomic mass is 16.5. The highest BCUT2D eigenvalue weighted by Crippen LogP contribution is 2.16. The van der Waals surface area contributed by atoms with E-state index in [1.54, 1.807) is 0 Å². The molecular weight excluding hydrogens is 306 g/mol. The Morgan fingerprint density at radius 3 is 2.48 bits per heavy atom. The lowest BCUT2D eigenvalue weighted by Gasteiger charge is -2.18. The van der Waals surface area contributed by atoms with Crippen LogP contribution in [0.4, 0.5) is 5.88 Å². The van der Waals surface area contributed by atoms with Gasteiger partial charge in [0.15, 0.2) is 6.61 Å². The quantitative estimate of drug-likeness (QED) is 0.688. The number of anilines is 1. The van der Waals surface area contributed by atoms with Crippen molar-refractivity contribution < 1.29 is 28.4 Å². The van der Waals surface area contributed by atoms with Gasteiger partial charge in [-0.3, -0.25) is 4.79 Å². The van der Waals surface area contributed by atoms with Gasteiger partial charge < -0.3 is 25.0 Å². The molecule has 0 aromatic carbocycles. The molecule has 1 amide bonds. The molecule has 0 aliphatic carbocycles. The summed E-state index contributed by atoms with van der Waals surface area (Å²) in [6.45, 7) is 4.76. The zero-order chi connectivity index (χ0) is 17.6. The molecule has 1 aromatic heterocycles. The van der Waals surface area contributed by atoms with Crippen molar-refractivity contribution in [3.63, 3.8) is 0 Å². The van der Waals surface area contributed by atoms with E-state index < -0.39 is 30.5 Å². The molecule has 9 nitrogen and oxygen atoms in total. The Morgan fingerprint density at radius 1 is 1.35 bits per heavy atom. The van der Waals surface area contributed by atoms with Gasteiger partial charge in [-0.2, -0.15) is 0 Å². The van der Waals surface area contributed by atoms with E-state index in [1.165, 1.54) is 14.0 Å². The molecule has 0 aliphatic rings. The highest BCUT2D eigenvalue weighted by molar-refractivity contribution is 5.96. The summed E-state index contributed by atoms with van der Waals surface area (Å²) < 4.78 is 14.1. The molecule has 0 radical (unpaired) electrons. The van der Waals surface area contributed by atoms with E-state index in [2.05, 4.69) is 19.7 Å². The predicted molar refractivity (Wildman–Crippen MR) is 79.3 cm³/mol. The number of esters is 2. The molecular formula is C14H21N3O6. The Bertz CT molecular complexity index is 562. The maximum absolute atomic E-state index is 11.8. The number of rotatable bonds is 7. The van der Waals surface area contributed by atoms with Crippen LogP contribution < -0.4 is 11.1 Å². The van der Waals surface area contributed by atoms with Crippen LogP contribution in [0.15, 0.2) is 4.52 Å². The smallest absolute Gasteiger partial charge is 0.346 e. The Hall–Kier alpha value is -2.58. The maximum atomic E-state index is 11.8. The summed E-state index contributed by atoms with van der Waals surface area (Å²) in [5, 5.41) is 5.99. The van der Waals surface area contributed by atoms with Gasteiger partial charge in [0.1, 0.15) is 11.6 Å². The van der Waals surface area contributed by atoms with Crippen LogP contribution in [0.25, 0.3) is 0 Å². The summed E-state index contributed by atoms with van der Waals surface area (Å²) in [7, 11) is 1.24. The van der Waals surface area contributed by atoms with Crippen molar-refractivity contribution >= 4 is 23.7 Å². The Morgan fingerprint density at radius 2 is 2.00 bits per heavy atom. The van der Waals surface area contributed by atoms with Crippen molar-refractivity contribution in [3.05, 3.63) is 11.3 Å². The van der Waals surface area contributed by atoms with Gasteiger partial charge in [-0.05, 0) is 19.3 Å². The third-order valence-corrected chi connectivity index (χ3v) is 2.96. The average Bonchev–Trinajstić information content (AvgIpc) is 2.82. The van der Waals surface area contributed by atoms with Gasteiger partial charge in [-0.15, -0.1) is 0 Å². The van der Waals surface area contributed by atoms with Gasteiger partial charge in [0.2, 0.25) is 5.88 Å². The van der Waals surface area contributed by atoms with E-state index >= 15 is 0 Å². The first kappa shape index (κ1) is 18.5. The van der Waals surface area contributed by atoms with Crippen molar-refractivity contribution in [2.75, 3.05) is 19.5 Å². The zero-order valence-corrected chi connectivity index (χ0v) is 13.5. The molecule has 0 saturated carbocycles.